The second-order valence-corrected chi connectivity index (χ2v) is 10.8. The zero-order chi connectivity index (χ0) is 26.2. The molecule has 4 atom stereocenters. The maximum atomic E-state index is 6.00. The van der Waals surface area contributed by atoms with Crippen LogP contribution in [0.5, 0.6) is 0 Å². The summed E-state index contributed by atoms with van der Waals surface area (Å²) in [7, 11) is 0. The van der Waals surface area contributed by atoms with E-state index in [9.17, 15) is 0 Å². The van der Waals surface area contributed by atoms with Crippen LogP contribution < -0.4 is 0 Å². The van der Waals surface area contributed by atoms with Crippen LogP contribution in [0.25, 0.3) is 0 Å². The molecule has 0 fully saturated rings. The van der Waals surface area contributed by atoms with Crippen molar-refractivity contribution in [1.29, 1.82) is 0 Å². The van der Waals surface area contributed by atoms with Gasteiger partial charge in [0.1, 0.15) is 0 Å². The monoisotopic (exact) mass is 504 g/mol. The number of rotatable bonds is 13. The Morgan fingerprint density at radius 3 is 1.87 bits per heavy atom. The summed E-state index contributed by atoms with van der Waals surface area (Å²) in [4.78, 5) is 0. The SMILES string of the molecule is CC(CC(CC(C)c1ccc(COCCOC2Cc3ccccc32)cc1)c1ccccc1)c1ccccc1. The number of benzene rings is 4. The second-order valence-electron chi connectivity index (χ2n) is 10.8. The number of hydrogen-bond donors (Lipinski definition) is 0. The van der Waals surface area contributed by atoms with E-state index < -0.39 is 0 Å². The molecule has 4 aromatic rings. The molecule has 4 unspecified atom stereocenters. The third-order valence-corrected chi connectivity index (χ3v) is 8.09. The molecule has 0 bridgehead atoms. The van der Waals surface area contributed by atoms with Crippen molar-refractivity contribution >= 4 is 0 Å². The van der Waals surface area contributed by atoms with Crippen LogP contribution in [0.2, 0.25) is 0 Å². The van der Waals surface area contributed by atoms with Gasteiger partial charge in [-0.15, -0.1) is 0 Å². The van der Waals surface area contributed by atoms with Gasteiger partial charge in [-0.3, -0.25) is 0 Å². The van der Waals surface area contributed by atoms with Gasteiger partial charge >= 0.3 is 0 Å². The number of fused-ring (bicyclic) bond motifs is 1. The first-order valence-electron chi connectivity index (χ1n) is 14.1. The van der Waals surface area contributed by atoms with E-state index in [1.54, 1.807) is 0 Å². The van der Waals surface area contributed by atoms with E-state index in [0.29, 0.717) is 37.6 Å². The van der Waals surface area contributed by atoms with Crippen LogP contribution in [0.4, 0.5) is 0 Å². The molecule has 38 heavy (non-hydrogen) atoms. The molecule has 0 radical (unpaired) electrons. The van der Waals surface area contributed by atoms with E-state index in [0.717, 1.165) is 19.3 Å². The molecule has 1 aliphatic carbocycles. The van der Waals surface area contributed by atoms with Crippen molar-refractivity contribution in [3.63, 3.8) is 0 Å². The van der Waals surface area contributed by atoms with E-state index in [1.807, 2.05) is 0 Å². The Bertz CT molecular complexity index is 1250. The van der Waals surface area contributed by atoms with Crippen molar-refractivity contribution < 1.29 is 9.47 Å². The predicted octanol–water partition coefficient (Wildman–Crippen LogP) is 8.99. The Morgan fingerprint density at radius 1 is 0.632 bits per heavy atom. The summed E-state index contributed by atoms with van der Waals surface area (Å²) in [5.41, 5.74) is 8.23. The van der Waals surface area contributed by atoms with Gasteiger partial charge < -0.3 is 9.47 Å². The van der Waals surface area contributed by atoms with E-state index in [1.165, 1.54) is 33.4 Å². The van der Waals surface area contributed by atoms with Gasteiger partial charge in [-0.2, -0.15) is 0 Å². The molecule has 0 heterocycles. The Kier molecular flexibility index (Phi) is 9.06. The first-order valence-corrected chi connectivity index (χ1v) is 14.1. The molecule has 0 saturated carbocycles. The van der Waals surface area contributed by atoms with E-state index in [4.69, 9.17) is 9.47 Å². The molecule has 0 aliphatic heterocycles. The molecule has 0 aromatic heterocycles. The van der Waals surface area contributed by atoms with Crippen LogP contribution in [0, 0.1) is 0 Å². The smallest absolute Gasteiger partial charge is 0.0869 e. The Balaban J connectivity index is 1.11. The molecule has 0 saturated heterocycles. The molecule has 0 spiro atoms. The zero-order valence-corrected chi connectivity index (χ0v) is 22.8. The maximum absolute atomic E-state index is 6.00. The Labute approximate surface area is 228 Å². The number of ether oxygens (including phenoxy) is 2. The normalized spacial score (nSPS) is 16.7. The fourth-order valence-electron chi connectivity index (χ4n) is 5.74. The highest BCUT2D eigenvalue weighted by Crippen LogP contribution is 2.37. The highest BCUT2D eigenvalue weighted by atomic mass is 16.5. The lowest BCUT2D eigenvalue weighted by atomic mass is 9.79. The standard InChI is InChI=1S/C36H40O2/c1-27(30-11-5-3-6-12-30)23-34(32-13-7-4-8-14-32)24-28(2)31-19-17-29(18-20-31)26-37-21-22-38-36-25-33-15-9-10-16-35(33)36/h3-20,27-28,34,36H,21-26H2,1-2H3. The topological polar surface area (TPSA) is 18.5 Å². The van der Waals surface area contributed by atoms with Crippen molar-refractivity contribution in [2.45, 2.75) is 63.6 Å². The summed E-state index contributed by atoms with van der Waals surface area (Å²) in [6.45, 7) is 6.61. The van der Waals surface area contributed by atoms with E-state index >= 15 is 0 Å². The molecule has 2 heteroatoms. The second kappa shape index (κ2) is 13.0. The highest BCUT2D eigenvalue weighted by Gasteiger charge is 2.25. The van der Waals surface area contributed by atoms with Gasteiger partial charge in [0.15, 0.2) is 0 Å². The summed E-state index contributed by atoms with van der Waals surface area (Å²) in [5.74, 6) is 1.53. The van der Waals surface area contributed by atoms with Crippen LogP contribution in [0.15, 0.2) is 109 Å². The van der Waals surface area contributed by atoms with Gasteiger partial charge in [-0.25, -0.2) is 0 Å². The summed E-state index contributed by atoms with van der Waals surface area (Å²) < 4.78 is 11.9. The quantitative estimate of drug-likeness (QED) is 0.169. The lowest BCUT2D eigenvalue weighted by Gasteiger charge is -2.29. The van der Waals surface area contributed by atoms with Crippen LogP contribution in [0.1, 0.15) is 83.9 Å². The van der Waals surface area contributed by atoms with Crippen LogP contribution in [0.3, 0.4) is 0 Å². The summed E-state index contributed by atoms with van der Waals surface area (Å²) in [5, 5.41) is 0. The highest BCUT2D eigenvalue weighted by molar-refractivity contribution is 5.38. The predicted molar refractivity (Wildman–Crippen MR) is 157 cm³/mol. The minimum atomic E-state index is 0.242. The summed E-state index contributed by atoms with van der Waals surface area (Å²) in [6.07, 6.45) is 3.55. The molecule has 0 N–H and O–H groups in total. The van der Waals surface area contributed by atoms with Gasteiger partial charge in [0, 0.05) is 6.42 Å². The minimum Gasteiger partial charge on any atom is -0.374 e. The van der Waals surface area contributed by atoms with Gasteiger partial charge in [-0.05, 0) is 64.0 Å². The van der Waals surface area contributed by atoms with Gasteiger partial charge in [0.25, 0.3) is 0 Å². The van der Waals surface area contributed by atoms with E-state index in [-0.39, 0.29) is 6.10 Å². The average molecular weight is 505 g/mol. The fourth-order valence-corrected chi connectivity index (χ4v) is 5.74. The Morgan fingerprint density at radius 2 is 1.21 bits per heavy atom. The summed E-state index contributed by atoms with van der Waals surface area (Å²) >= 11 is 0. The largest absolute Gasteiger partial charge is 0.374 e. The van der Waals surface area contributed by atoms with Gasteiger partial charge in [0.2, 0.25) is 0 Å². The lowest BCUT2D eigenvalue weighted by molar-refractivity contribution is -0.0100. The van der Waals surface area contributed by atoms with Crippen molar-refractivity contribution in [2.75, 3.05) is 13.2 Å². The average Bonchev–Trinajstić information content (AvgIpc) is 2.96. The lowest BCUT2D eigenvalue weighted by Crippen LogP contribution is -2.21. The van der Waals surface area contributed by atoms with Crippen LogP contribution >= 0.6 is 0 Å². The maximum Gasteiger partial charge on any atom is 0.0869 e. The third kappa shape index (κ3) is 6.81. The first kappa shape index (κ1) is 26.4. The molecule has 2 nitrogen and oxygen atoms in total. The zero-order valence-electron chi connectivity index (χ0n) is 22.8. The molecule has 1 aliphatic rings. The van der Waals surface area contributed by atoms with Crippen molar-refractivity contribution in [3.05, 3.63) is 143 Å². The molecule has 5 rings (SSSR count). The minimum absolute atomic E-state index is 0.242. The molecule has 0 amide bonds. The van der Waals surface area contributed by atoms with E-state index in [2.05, 4.69) is 123 Å². The first-order chi connectivity index (χ1) is 18.7. The molecule has 4 aromatic carbocycles. The third-order valence-electron chi connectivity index (χ3n) is 8.09. The Hall–Kier alpha value is -3.20. The van der Waals surface area contributed by atoms with Crippen molar-refractivity contribution in [3.8, 4) is 0 Å². The van der Waals surface area contributed by atoms with Crippen LogP contribution in [-0.4, -0.2) is 13.2 Å². The molecular formula is C36H40O2. The number of hydrogen-bond acceptors (Lipinski definition) is 2. The van der Waals surface area contributed by atoms with Crippen molar-refractivity contribution in [2.24, 2.45) is 0 Å². The van der Waals surface area contributed by atoms with Crippen LogP contribution in [-0.2, 0) is 22.5 Å². The fraction of sp³-hybridized carbons (Fsp3) is 0.333. The summed E-state index contributed by atoms with van der Waals surface area (Å²) in [6, 6.07) is 39.5. The van der Waals surface area contributed by atoms with Crippen molar-refractivity contribution in [1.82, 2.24) is 0 Å². The molecular weight excluding hydrogens is 464 g/mol. The molecule has 196 valence electrons. The van der Waals surface area contributed by atoms with Gasteiger partial charge in [-0.1, -0.05) is 123 Å². The van der Waals surface area contributed by atoms with Gasteiger partial charge in [0.05, 0.1) is 25.9 Å².